The molecule has 2 amide bonds. The zero-order valence-electron chi connectivity index (χ0n) is 10.3. The van der Waals surface area contributed by atoms with Crippen LogP contribution in [-0.4, -0.2) is 24.4 Å². The Hall–Kier alpha value is -1.06. The quantitative estimate of drug-likeness (QED) is 0.713. The normalized spacial score (nSPS) is 27.1. The van der Waals surface area contributed by atoms with Crippen molar-refractivity contribution in [1.29, 1.82) is 0 Å². The molecule has 2 rings (SSSR count). The number of carbonyl (C=O) groups is 2. The molecule has 96 valence electrons. The molecule has 2 fully saturated rings. The van der Waals surface area contributed by atoms with Crippen molar-refractivity contribution in [2.75, 3.05) is 6.54 Å². The van der Waals surface area contributed by atoms with Gasteiger partial charge < -0.3 is 10.6 Å². The van der Waals surface area contributed by atoms with E-state index in [0.717, 1.165) is 19.3 Å². The van der Waals surface area contributed by atoms with Crippen LogP contribution in [0.5, 0.6) is 0 Å². The van der Waals surface area contributed by atoms with Crippen molar-refractivity contribution in [3.8, 4) is 0 Å². The van der Waals surface area contributed by atoms with Gasteiger partial charge in [-0.15, -0.1) is 0 Å². The Labute approximate surface area is 103 Å². The van der Waals surface area contributed by atoms with Gasteiger partial charge in [-0.1, -0.05) is 25.7 Å². The maximum Gasteiger partial charge on any atom is 0.223 e. The van der Waals surface area contributed by atoms with E-state index in [9.17, 15) is 9.59 Å². The Kier molecular flexibility index (Phi) is 4.40. The maximum atomic E-state index is 12.1. The van der Waals surface area contributed by atoms with Crippen LogP contribution in [0.2, 0.25) is 0 Å². The minimum atomic E-state index is 0.102. The fourth-order valence-corrected chi connectivity index (χ4v) is 2.72. The monoisotopic (exact) mass is 238 g/mol. The summed E-state index contributed by atoms with van der Waals surface area (Å²) in [6.45, 7) is 0.595. The highest BCUT2D eigenvalue weighted by Gasteiger charge is 2.24. The first-order valence-electron chi connectivity index (χ1n) is 6.83. The molecule has 0 bridgehead atoms. The second-order valence-corrected chi connectivity index (χ2v) is 5.24. The lowest BCUT2D eigenvalue weighted by Gasteiger charge is -2.25. The predicted octanol–water partition coefficient (Wildman–Crippen LogP) is 1.35. The number of carbonyl (C=O) groups excluding carboxylic acids is 2. The molecule has 4 nitrogen and oxygen atoms in total. The lowest BCUT2D eigenvalue weighted by Crippen LogP contribution is -2.49. The van der Waals surface area contributed by atoms with Crippen LogP contribution in [0.4, 0.5) is 0 Å². The average Bonchev–Trinajstić information content (AvgIpc) is 2.61. The molecule has 1 atom stereocenters. The zero-order chi connectivity index (χ0) is 12.1. The minimum Gasteiger partial charge on any atom is -0.354 e. The van der Waals surface area contributed by atoms with Gasteiger partial charge in [0.2, 0.25) is 11.8 Å². The number of hydrogen-bond donors (Lipinski definition) is 2. The first-order valence-corrected chi connectivity index (χ1v) is 6.83. The first-order chi connectivity index (χ1) is 8.25. The van der Waals surface area contributed by atoms with Crippen LogP contribution in [0.3, 0.4) is 0 Å². The van der Waals surface area contributed by atoms with E-state index < -0.39 is 0 Å². The molecule has 4 heteroatoms. The third-order valence-electron chi connectivity index (χ3n) is 3.84. The third-order valence-corrected chi connectivity index (χ3v) is 3.84. The molecule has 0 aromatic heterocycles. The molecule has 1 unspecified atom stereocenters. The summed E-state index contributed by atoms with van der Waals surface area (Å²) in [4.78, 5) is 23.1. The van der Waals surface area contributed by atoms with Gasteiger partial charge in [0.05, 0.1) is 0 Å². The van der Waals surface area contributed by atoms with Crippen molar-refractivity contribution in [3.05, 3.63) is 0 Å². The van der Waals surface area contributed by atoms with Gasteiger partial charge in [-0.2, -0.15) is 0 Å². The van der Waals surface area contributed by atoms with Crippen LogP contribution in [0.1, 0.15) is 51.4 Å². The Balaban J connectivity index is 1.77. The van der Waals surface area contributed by atoms with E-state index in [1.54, 1.807) is 0 Å². The summed E-state index contributed by atoms with van der Waals surface area (Å²) >= 11 is 0. The van der Waals surface area contributed by atoms with Crippen LogP contribution >= 0.6 is 0 Å². The van der Waals surface area contributed by atoms with Gasteiger partial charge in [0, 0.05) is 24.9 Å². The lowest BCUT2D eigenvalue weighted by molar-refractivity contribution is -0.128. The van der Waals surface area contributed by atoms with Crippen molar-refractivity contribution >= 4 is 11.8 Å². The summed E-state index contributed by atoms with van der Waals surface area (Å²) in [6, 6.07) is 0.142. The number of piperidine rings is 1. The van der Waals surface area contributed by atoms with Gasteiger partial charge in [0.15, 0.2) is 0 Å². The van der Waals surface area contributed by atoms with E-state index in [1.807, 2.05) is 0 Å². The molecule has 2 N–H and O–H groups in total. The molecule has 1 saturated heterocycles. The summed E-state index contributed by atoms with van der Waals surface area (Å²) in [5, 5.41) is 5.88. The van der Waals surface area contributed by atoms with E-state index in [-0.39, 0.29) is 23.8 Å². The fourth-order valence-electron chi connectivity index (χ4n) is 2.72. The van der Waals surface area contributed by atoms with Gasteiger partial charge in [0.1, 0.15) is 0 Å². The second kappa shape index (κ2) is 6.03. The summed E-state index contributed by atoms with van der Waals surface area (Å²) in [7, 11) is 0. The topological polar surface area (TPSA) is 58.2 Å². The van der Waals surface area contributed by atoms with Crippen LogP contribution < -0.4 is 10.6 Å². The van der Waals surface area contributed by atoms with Gasteiger partial charge in [0.25, 0.3) is 0 Å². The predicted molar refractivity (Wildman–Crippen MR) is 65.4 cm³/mol. The summed E-state index contributed by atoms with van der Waals surface area (Å²) in [6.07, 6.45) is 8.28. The number of hydrogen-bond acceptors (Lipinski definition) is 2. The molecule has 1 heterocycles. The molecular weight excluding hydrogens is 216 g/mol. The van der Waals surface area contributed by atoms with Crippen molar-refractivity contribution in [3.63, 3.8) is 0 Å². The van der Waals surface area contributed by atoms with Crippen LogP contribution in [0, 0.1) is 5.92 Å². The molecule has 0 spiro atoms. The van der Waals surface area contributed by atoms with Crippen molar-refractivity contribution in [2.24, 2.45) is 5.92 Å². The third kappa shape index (κ3) is 3.72. The summed E-state index contributed by atoms with van der Waals surface area (Å²) < 4.78 is 0. The first kappa shape index (κ1) is 12.4. The van der Waals surface area contributed by atoms with E-state index in [1.165, 1.54) is 25.7 Å². The highest BCUT2D eigenvalue weighted by Crippen LogP contribution is 2.23. The van der Waals surface area contributed by atoms with E-state index >= 15 is 0 Å². The Morgan fingerprint density at radius 1 is 1.12 bits per heavy atom. The number of rotatable bonds is 2. The molecule has 1 aliphatic heterocycles. The van der Waals surface area contributed by atoms with Gasteiger partial charge in [-0.05, 0) is 19.3 Å². The Bertz CT molecular complexity index is 273. The second-order valence-electron chi connectivity index (χ2n) is 5.24. The largest absolute Gasteiger partial charge is 0.354 e. The number of amides is 2. The molecule has 17 heavy (non-hydrogen) atoms. The summed E-state index contributed by atoms with van der Waals surface area (Å²) in [5.74, 6) is 0.508. The van der Waals surface area contributed by atoms with Crippen LogP contribution in [0.15, 0.2) is 0 Å². The molecule has 0 radical (unpaired) electrons. The van der Waals surface area contributed by atoms with Crippen LogP contribution in [-0.2, 0) is 9.59 Å². The highest BCUT2D eigenvalue weighted by atomic mass is 16.2. The van der Waals surface area contributed by atoms with E-state index in [4.69, 9.17) is 0 Å². The van der Waals surface area contributed by atoms with E-state index in [0.29, 0.717) is 13.0 Å². The van der Waals surface area contributed by atoms with Crippen molar-refractivity contribution in [2.45, 2.75) is 57.4 Å². The average molecular weight is 238 g/mol. The number of nitrogens with one attached hydrogen (secondary N) is 2. The molecule has 1 saturated carbocycles. The van der Waals surface area contributed by atoms with Gasteiger partial charge in [-0.3, -0.25) is 9.59 Å². The van der Waals surface area contributed by atoms with Crippen molar-refractivity contribution in [1.82, 2.24) is 10.6 Å². The smallest absolute Gasteiger partial charge is 0.223 e. The fraction of sp³-hybridized carbons (Fsp3) is 0.846. The van der Waals surface area contributed by atoms with E-state index in [2.05, 4.69) is 10.6 Å². The Morgan fingerprint density at radius 3 is 2.41 bits per heavy atom. The molecule has 0 aromatic rings. The minimum absolute atomic E-state index is 0.102. The SMILES string of the molecule is O=C1CCC(NC(=O)C2CCCCCC2)CN1. The standard InChI is InChI=1S/C13H22N2O2/c16-12-8-7-11(9-14-12)15-13(17)10-5-3-1-2-4-6-10/h10-11H,1-9H2,(H,14,16)(H,15,17). The van der Waals surface area contributed by atoms with Gasteiger partial charge >= 0.3 is 0 Å². The maximum absolute atomic E-state index is 12.1. The van der Waals surface area contributed by atoms with Crippen LogP contribution in [0.25, 0.3) is 0 Å². The molecule has 2 aliphatic rings. The zero-order valence-corrected chi connectivity index (χ0v) is 10.3. The molecule has 1 aliphatic carbocycles. The van der Waals surface area contributed by atoms with Crippen molar-refractivity contribution < 1.29 is 9.59 Å². The molecule has 0 aromatic carbocycles. The van der Waals surface area contributed by atoms with Gasteiger partial charge in [-0.25, -0.2) is 0 Å². The highest BCUT2D eigenvalue weighted by molar-refractivity contribution is 5.80. The Morgan fingerprint density at radius 2 is 1.82 bits per heavy atom. The molecular formula is C13H22N2O2. The lowest BCUT2D eigenvalue weighted by atomic mass is 9.98. The summed E-state index contributed by atoms with van der Waals surface area (Å²) in [5.41, 5.74) is 0.